The van der Waals surface area contributed by atoms with Crippen LogP contribution in [-0.2, 0) is 6.54 Å². The number of halogens is 1. The molecule has 0 saturated heterocycles. The first-order valence-electron chi connectivity index (χ1n) is 7.05. The van der Waals surface area contributed by atoms with Crippen molar-refractivity contribution in [3.63, 3.8) is 0 Å². The molecule has 102 valence electrons. The number of benzene rings is 1. The summed E-state index contributed by atoms with van der Waals surface area (Å²) in [5.41, 5.74) is 1.15. The minimum atomic E-state index is 0.162. The third kappa shape index (κ3) is 3.72. The summed E-state index contributed by atoms with van der Waals surface area (Å²) in [6.45, 7) is 0.822. The SMILES string of the molecule is CN(Cc1ccccc1Cl)C1CCCCCC1C#N. The molecule has 0 bridgehead atoms. The number of hydrogen-bond acceptors (Lipinski definition) is 2. The molecule has 1 aliphatic carbocycles. The van der Waals surface area contributed by atoms with Gasteiger partial charge in [0.05, 0.1) is 12.0 Å². The van der Waals surface area contributed by atoms with Gasteiger partial charge < -0.3 is 0 Å². The average molecular weight is 277 g/mol. The fourth-order valence-electron chi connectivity index (χ4n) is 2.98. The minimum Gasteiger partial charge on any atom is -0.298 e. The van der Waals surface area contributed by atoms with Crippen LogP contribution < -0.4 is 0 Å². The van der Waals surface area contributed by atoms with Crippen molar-refractivity contribution in [2.75, 3.05) is 7.05 Å². The van der Waals surface area contributed by atoms with Crippen molar-refractivity contribution in [3.8, 4) is 6.07 Å². The lowest BCUT2D eigenvalue weighted by atomic mass is 9.95. The summed E-state index contributed by atoms with van der Waals surface area (Å²) in [6, 6.07) is 10.8. The number of rotatable bonds is 3. The zero-order valence-electron chi connectivity index (χ0n) is 11.5. The highest BCUT2D eigenvalue weighted by Gasteiger charge is 2.27. The van der Waals surface area contributed by atoms with Crippen molar-refractivity contribution in [2.45, 2.75) is 44.7 Å². The Kier molecular flexibility index (Phi) is 5.24. The van der Waals surface area contributed by atoms with Crippen LogP contribution in [-0.4, -0.2) is 18.0 Å². The van der Waals surface area contributed by atoms with Crippen LogP contribution in [0.2, 0.25) is 5.02 Å². The van der Waals surface area contributed by atoms with E-state index >= 15 is 0 Å². The third-order valence-corrected chi connectivity index (χ3v) is 4.46. The molecule has 0 N–H and O–H groups in total. The molecule has 2 rings (SSSR count). The van der Waals surface area contributed by atoms with Gasteiger partial charge in [0.1, 0.15) is 0 Å². The van der Waals surface area contributed by atoms with E-state index in [1.807, 2.05) is 18.2 Å². The molecule has 0 spiro atoms. The molecule has 0 radical (unpaired) electrons. The molecule has 3 heteroatoms. The van der Waals surface area contributed by atoms with E-state index in [-0.39, 0.29) is 5.92 Å². The molecule has 0 amide bonds. The highest BCUT2D eigenvalue weighted by atomic mass is 35.5. The van der Waals surface area contributed by atoms with Gasteiger partial charge in [-0.3, -0.25) is 4.90 Å². The van der Waals surface area contributed by atoms with Crippen LogP contribution in [0.25, 0.3) is 0 Å². The topological polar surface area (TPSA) is 27.0 Å². The summed E-state index contributed by atoms with van der Waals surface area (Å²) in [4.78, 5) is 2.31. The Bertz CT molecular complexity index is 452. The largest absolute Gasteiger partial charge is 0.298 e. The smallest absolute Gasteiger partial charge is 0.0672 e. The van der Waals surface area contributed by atoms with Crippen LogP contribution in [0.3, 0.4) is 0 Å². The number of nitrogens with zero attached hydrogens (tertiary/aromatic N) is 2. The van der Waals surface area contributed by atoms with E-state index in [2.05, 4.69) is 24.1 Å². The van der Waals surface area contributed by atoms with Gasteiger partial charge >= 0.3 is 0 Å². The quantitative estimate of drug-likeness (QED) is 0.772. The van der Waals surface area contributed by atoms with Gasteiger partial charge in [-0.1, -0.05) is 49.1 Å². The van der Waals surface area contributed by atoms with Crippen LogP contribution in [0.1, 0.15) is 37.7 Å². The molecule has 2 nitrogen and oxygen atoms in total. The van der Waals surface area contributed by atoms with Crippen LogP contribution in [0.4, 0.5) is 0 Å². The van der Waals surface area contributed by atoms with Crippen molar-refractivity contribution in [2.24, 2.45) is 5.92 Å². The van der Waals surface area contributed by atoms with Crippen LogP contribution in [0.5, 0.6) is 0 Å². The zero-order chi connectivity index (χ0) is 13.7. The predicted octanol–water partition coefficient (Wildman–Crippen LogP) is 4.24. The second kappa shape index (κ2) is 6.93. The minimum absolute atomic E-state index is 0.162. The average Bonchev–Trinajstić information content (AvgIpc) is 2.66. The first-order chi connectivity index (χ1) is 9.22. The van der Waals surface area contributed by atoms with E-state index in [1.54, 1.807) is 0 Å². The molecule has 1 aromatic carbocycles. The molecule has 2 unspecified atom stereocenters. The van der Waals surface area contributed by atoms with E-state index < -0.39 is 0 Å². The van der Waals surface area contributed by atoms with Crippen molar-refractivity contribution in [3.05, 3.63) is 34.9 Å². The Hall–Kier alpha value is -1.04. The summed E-state index contributed by atoms with van der Waals surface area (Å²) >= 11 is 6.22. The fraction of sp³-hybridized carbons (Fsp3) is 0.562. The van der Waals surface area contributed by atoms with E-state index in [1.165, 1.54) is 19.3 Å². The maximum atomic E-state index is 9.35. The Morgan fingerprint density at radius 1 is 1.26 bits per heavy atom. The van der Waals surface area contributed by atoms with Gasteiger partial charge in [-0.25, -0.2) is 0 Å². The monoisotopic (exact) mass is 276 g/mol. The van der Waals surface area contributed by atoms with Gasteiger partial charge in [-0.15, -0.1) is 0 Å². The first kappa shape index (κ1) is 14.4. The second-order valence-corrected chi connectivity index (χ2v) is 5.85. The fourth-order valence-corrected chi connectivity index (χ4v) is 3.17. The van der Waals surface area contributed by atoms with Gasteiger partial charge in [0.25, 0.3) is 0 Å². The van der Waals surface area contributed by atoms with Crippen molar-refractivity contribution >= 4 is 11.6 Å². The Morgan fingerprint density at radius 3 is 2.74 bits per heavy atom. The highest BCUT2D eigenvalue weighted by molar-refractivity contribution is 6.31. The molecule has 19 heavy (non-hydrogen) atoms. The van der Waals surface area contributed by atoms with E-state index in [0.717, 1.165) is 30.0 Å². The molecule has 1 fully saturated rings. The maximum Gasteiger partial charge on any atom is 0.0672 e. The predicted molar refractivity (Wildman–Crippen MR) is 78.9 cm³/mol. The van der Waals surface area contributed by atoms with Gasteiger partial charge in [0, 0.05) is 17.6 Å². The molecule has 0 aromatic heterocycles. The normalized spacial score (nSPS) is 23.9. The lowest BCUT2D eigenvalue weighted by Gasteiger charge is -2.30. The van der Waals surface area contributed by atoms with Gasteiger partial charge in [0.2, 0.25) is 0 Å². The molecule has 0 heterocycles. The third-order valence-electron chi connectivity index (χ3n) is 4.09. The lowest BCUT2D eigenvalue weighted by molar-refractivity contribution is 0.183. The zero-order valence-corrected chi connectivity index (χ0v) is 12.2. The van der Waals surface area contributed by atoms with Crippen LogP contribution >= 0.6 is 11.6 Å². The van der Waals surface area contributed by atoms with E-state index in [4.69, 9.17) is 11.6 Å². The summed E-state index contributed by atoms with van der Waals surface area (Å²) in [7, 11) is 2.11. The highest BCUT2D eigenvalue weighted by Crippen LogP contribution is 2.28. The number of nitriles is 1. The van der Waals surface area contributed by atoms with E-state index in [0.29, 0.717) is 6.04 Å². The lowest BCUT2D eigenvalue weighted by Crippen LogP contribution is -2.36. The maximum absolute atomic E-state index is 9.35. The molecule has 1 aromatic rings. The molecular formula is C16H21ClN2. The van der Waals surface area contributed by atoms with Gasteiger partial charge in [-0.05, 0) is 31.5 Å². The Balaban J connectivity index is 2.07. The standard InChI is InChI=1S/C16H21ClN2/c1-19(12-14-8-5-6-9-15(14)17)16-10-4-2-3-7-13(16)11-18/h5-6,8-9,13,16H,2-4,7,10,12H2,1H3. The molecule has 1 aliphatic rings. The number of hydrogen-bond donors (Lipinski definition) is 0. The molecule has 0 aliphatic heterocycles. The summed E-state index contributed by atoms with van der Waals surface area (Å²) in [6.07, 6.45) is 5.84. The molecular weight excluding hydrogens is 256 g/mol. The van der Waals surface area contributed by atoms with Crippen LogP contribution in [0.15, 0.2) is 24.3 Å². The summed E-state index contributed by atoms with van der Waals surface area (Å²) < 4.78 is 0. The summed E-state index contributed by atoms with van der Waals surface area (Å²) in [5, 5.41) is 10.2. The van der Waals surface area contributed by atoms with Gasteiger partial charge in [0.15, 0.2) is 0 Å². The molecule has 2 atom stereocenters. The summed E-state index contributed by atoms with van der Waals surface area (Å²) in [5.74, 6) is 0.162. The van der Waals surface area contributed by atoms with Crippen molar-refractivity contribution < 1.29 is 0 Å². The van der Waals surface area contributed by atoms with E-state index in [9.17, 15) is 5.26 Å². The van der Waals surface area contributed by atoms with Crippen molar-refractivity contribution in [1.82, 2.24) is 4.90 Å². The molecule has 1 saturated carbocycles. The second-order valence-electron chi connectivity index (χ2n) is 5.45. The van der Waals surface area contributed by atoms with Gasteiger partial charge in [-0.2, -0.15) is 5.26 Å². The van der Waals surface area contributed by atoms with Crippen molar-refractivity contribution in [1.29, 1.82) is 5.26 Å². The Morgan fingerprint density at radius 2 is 2.00 bits per heavy atom. The Labute approximate surface area is 121 Å². The van der Waals surface area contributed by atoms with Crippen LogP contribution in [0, 0.1) is 17.2 Å². The first-order valence-corrected chi connectivity index (χ1v) is 7.43.